The highest BCUT2D eigenvalue weighted by Gasteiger charge is 2.15. The van der Waals surface area contributed by atoms with Crippen LogP contribution in [-0.2, 0) is 4.79 Å². The molecule has 0 bridgehead atoms. The molecule has 0 saturated heterocycles. The Hall–Kier alpha value is -1.88. The third kappa shape index (κ3) is 1.90. The van der Waals surface area contributed by atoms with Crippen molar-refractivity contribution in [2.24, 2.45) is 5.73 Å². The van der Waals surface area contributed by atoms with Crippen molar-refractivity contribution in [3.63, 3.8) is 0 Å². The van der Waals surface area contributed by atoms with E-state index in [2.05, 4.69) is 4.98 Å². The van der Waals surface area contributed by atoms with Gasteiger partial charge in [-0.25, -0.2) is 4.39 Å². The van der Waals surface area contributed by atoms with Crippen molar-refractivity contribution in [1.82, 2.24) is 4.98 Å². The molecule has 4 nitrogen and oxygen atoms in total. The second kappa shape index (κ2) is 3.94. The van der Waals surface area contributed by atoms with E-state index in [4.69, 9.17) is 10.8 Å². The fourth-order valence-electron chi connectivity index (χ4n) is 1.72. The first-order chi connectivity index (χ1) is 7.58. The summed E-state index contributed by atoms with van der Waals surface area (Å²) < 4.78 is 13.0. The van der Waals surface area contributed by atoms with Crippen molar-refractivity contribution >= 4 is 16.9 Å². The van der Waals surface area contributed by atoms with Crippen LogP contribution in [0.2, 0.25) is 0 Å². The summed E-state index contributed by atoms with van der Waals surface area (Å²) in [4.78, 5) is 13.5. The Morgan fingerprint density at radius 1 is 1.56 bits per heavy atom. The SMILES string of the molecule is NC(CC(=O)O)c1c[nH]c2ccc(F)cc12. The van der Waals surface area contributed by atoms with Gasteiger partial charge in [0.2, 0.25) is 0 Å². The molecule has 0 aliphatic rings. The number of nitrogens with one attached hydrogen (secondary N) is 1. The largest absolute Gasteiger partial charge is 0.481 e. The van der Waals surface area contributed by atoms with Crippen molar-refractivity contribution in [2.75, 3.05) is 0 Å². The Morgan fingerprint density at radius 2 is 2.31 bits per heavy atom. The lowest BCUT2D eigenvalue weighted by Crippen LogP contribution is -2.14. The number of carbonyl (C=O) groups is 1. The number of hydrogen-bond donors (Lipinski definition) is 3. The standard InChI is InChI=1S/C11H11FN2O2/c12-6-1-2-10-7(3-6)8(5-14-10)9(13)4-11(15)16/h1-3,5,9,14H,4,13H2,(H,15,16). The van der Waals surface area contributed by atoms with Gasteiger partial charge < -0.3 is 15.8 Å². The zero-order chi connectivity index (χ0) is 11.7. The Balaban J connectivity index is 2.44. The third-order valence-electron chi connectivity index (χ3n) is 2.47. The van der Waals surface area contributed by atoms with Crippen molar-refractivity contribution in [3.8, 4) is 0 Å². The predicted octanol–water partition coefficient (Wildman–Crippen LogP) is 1.78. The van der Waals surface area contributed by atoms with E-state index in [1.165, 1.54) is 12.1 Å². The first-order valence-electron chi connectivity index (χ1n) is 4.82. The number of carboxylic acids is 1. The van der Waals surface area contributed by atoms with E-state index in [-0.39, 0.29) is 12.2 Å². The Kier molecular flexibility index (Phi) is 2.62. The quantitative estimate of drug-likeness (QED) is 0.740. The molecular weight excluding hydrogens is 211 g/mol. The summed E-state index contributed by atoms with van der Waals surface area (Å²) in [5.74, 6) is -1.34. The smallest absolute Gasteiger partial charge is 0.305 e. The highest BCUT2D eigenvalue weighted by molar-refractivity contribution is 5.84. The Morgan fingerprint density at radius 3 is 3.00 bits per heavy atom. The summed E-state index contributed by atoms with van der Waals surface area (Å²) >= 11 is 0. The van der Waals surface area contributed by atoms with Gasteiger partial charge in [-0.1, -0.05) is 0 Å². The molecule has 0 radical (unpaired) electrons. The van der Waals surface area contributed by atoms with Gasteiger partial charge in [-0.2, -0.15) is 0 Å². The van der Waals surface area contributed by atoms with Crippen molar-refractivity contribution in [2.45, 2.75) is 12.5 Å². The monoisotopic (exact) mass is 222 g/mol. The summed E-state index contributed by atoms with van der Waals surface area (Å²) in [6.45, 7) is 0. The average Bonchev–Trinajstić information content (AvgIpc) is 2.59. The second-order valence-electron chi connectivity index (χ2n) is 3.64. The first-order valence-corrected chi connectivity index (χ1v) is 4.82. The molecule has 1 aromatic heterocycles. The normalized spacial score (nSPS) is 12.9. The lowest BCUT2D eigenvalue weighted by atomic mass is 10.0. The van der Waals surface area contributed by atoms with Crippen LogP contribution in [0.1, 0.15) is 18.0 Å². The number of nitrogens with two attached hydrogens (primary N) is 1. The number of rotatable bonds is 3. The van der Waals surface area contributed by atoms with Crippen molar-refractivity contribution in [1.29, 1.82) is 0 Å². The zero-order valence-electron chi connectivity index (χ0n) is 8.40. The van der Waals surface area contributed by atoms with E-state index < -0.39 is 12.0 Å². The molecule has 1 atom stereocenters. The van der Waals surface area contributed by atoms with Crippen LogP contribution in [0, 0.1) is 5.82 Å². The Labute approximate surface area is 90.9 Å². The maximum absolute atomic E-state index is 13.0. The third-order valence-corrected chi connectivity index (χ3v) is 2.47. The second-order valence-corrected chi connectivity index (χ2v) is 3.64. The van der Waals surface area contributed by atoms with E-state index in [0.717, 1.165) is 5.52 Å². The van der Waals surface area contributed by atoms with Crippen LogP contribution in [0.25, 0.3) is 10.9 Å². The van der Waals surface area contributed by atoms with Gasteiger partial charge in [0.15, 0.2) is 0 Å². The Bertz CT molecular complexity index is 536. The highest BCUT2D eigenvalue weighted by Crippen LogP contribution is 2.25. The number of H-pyrrole nitrogens is 1. The molecule has 1 aromatic carbocycles. The molecule has 16 heavy (non-hydrogen) atoms. The fraction of sp³-hybridized carbons (Fsp3) is 0.182. The predicted molar refractivity (Wildman–Crippen MR) is 57.4 cm³/mol. The summed E-state index contributed by atoms with van der Waals surface area (Å²) in [6.07, 6.45) is 1.45. The van der Waals surface area contributed by atoms with E-state index in [1.54, 1.807) is 12.3 Å². The molecule has 1 unspecified atom stereocenters. The van der Waals surface area contributed by atoms with Gasteiger partial charge in [-0.15, -0.1) is 0 Å². The minimum absolute atomic E-state index is 0.177. The number of hydrogen-bond acceptors (Lipinski definition) is 2. The van der Waals surface area contributed by atoms with Crippen LogP contribution in [0.3, 0.4) is 0 Å². The van der Waals surface area contributed by atoms with Gasteiger partial charge in [0.05, 0.1) is 6.42 Å². The van der Waals surface area contributed by atoms with E-state index >= 15 is 0 Å². The zero-order valence-corrected chi connectivity index (χ0v) is 8.40. The van der Waals surface area contributed by atoms with Crippen LogP contribution in [-0.4, -0.2) is 16.1 Å². The van der Waals surface area contributed by atoms with Crippen LogP contribution < -0.4 is 5.73 Å². The molecule has 2 aromatic rings. The number of aromatic nitrogens is 1. The van der Waals surface area contributed by atoms with E-state index in [9.17, 15) is 9.18 Å². The molecule has 0 saturated carbocycles. The summed E-state index contributed by atoms with van der Waals surface area (Å²) in [5.41, 5.74) is 7.10. The fourth-order valence-corrected chi connectivity index (χ4v) is 1.72. The van der Waals surface area contributed by atoms with Gasteiger partial charge in [0, 0.05) is 23.1 Å². The molecule has 5 heteroatoms. The number of carboxylic acid groups (broad SMARTS) is 1. The lowest BCUT2D eigenvalue weighted by Gasteiger charge is -2.07. The molecular formula is C11H11FN2O2. The molecule has 4 N–H and O–H groups in total. The van der Waals surface area contributed by atoms with E-state index in [1.807, 2.05) is 0 Å². The molecule has 0 aliphatic carbocycles. The van der Waals surface area contributed by atoms with Gasteiger partial charge in [-0.3, -0.25) is 4.79 Å². The number of aliphatic carboxylic acids is 1. The minimum atomic E-state index is -0.974. The van der Waals surface area contributed by atoms with Gasteiger partial charge >= 0.3 is 5.97 Å². The molecule has 0 fully saturated rings. The number of halogens is 1. The van der Waals surface area contributed by atoms with Crippen LogP contribution in [0.4, 0.5) is 4.39 Å². The summed E-state index contributed by atoms with van der Waals surface area (Å²) in [7, 11) is 0. The van der Waals surface area contributed by atoms with Crippen LogP contribution in [0.5, 0.6) is 0 Å². The summed E-state index contributed by atoms with van der Waals surface area (Å²) in [6, 6.07) is 3.66. The molecule has 84 valence electrons. The summed E-state index contributed by atoms with van der Waals surface area (Å²) in [5, 5.41) is 9.28. The number of aromatic amines is 1. The topological polar surface area (TPSA) is 79.1 Å². The number of fused-ring (bicyclic) bond motifs is 1. The average molecular weight is 222 g/mol. The maximum Gasteiger partial charge on any atom is 0.305 e. The van der Waals surface area contributed by atoms with Crippen molar-refractivity contribution < 1.29 is 14.3 Å². The van der Waals surface area contributed by atoms with Gasteiger partial charge in [0.25, 0.3) is 0 Å². The molecule has 2 rings (SSSR count). The minimum Gasteiger partial charge on any atom is -0.481 e. The van der Waals surface area contributed by atoms with Gasteiger partial charge in [-0.05, 0) is 23.8 Å². The molecule has 0 aliphatic heterocycles. The molecule has 0 spiro atoms. The van der Waals surface area contributed by atoms with Crippen LogP contribution >= 0.6 is 0 Å². The number of benzene rings is 1. The van der Waals surface area contributed by atoms with Crippen LogP contribution in [0.15, 0.2) is 24.4 Å². The lowest BCUT2D eigenvalue weighted by molar-refractivity contribution is -0.137. The highest BCUT2D eigenvalue weighted by atomic mass is 19.1. The maximum atomic E-state index is 13.0. The van der Waals surface area contributed by atoms with Crippen molar-refractivity contribution in [3.05, 3.63) is 35.8 Å². The van der Waals surface area contributed by atoms with E-state index in [0.29, 0.717) is 10.9 Å². The first kappa shape index (κ1) is 10.6. The molecule has 1 heterocycles. The molecule has 0 amide bonds. The van der Waals surface area contributed by atoms with Gasteiger partial charge in [0.1, 0.15) is 5.82 Å².